The maximum absolute atomic E-state index is 11.6. The molecule has 0 spiro atoms. The average Bonchev–Trinajstić information content (AvgIpc) is 3.29. The normalized spacial score (nSPS) is 48.9. The Kier molecular flexibility index (Phi) is 6.42. The molecule has 4 heteroatoms. The molecule has 1 saturated heterocycles. The van der Waals surface area contributed by atoms with Gasteiger partial charge in [0.2, 0.25) is 0 Å². The summed E-state index contributed by atoms with van der Waals surface area (Å²) in [4.78, 5) is 11.6. The number of hydrogen-bond donors (Lipinski definition) is 2. The molecular formula is C30H50O4. The minimum absolute atomic E-state index is 0.0109. The number of rotatable bonds is 6. The molecule has 4 fully saturated rings. The minimum Gasteiger partial charge on any atom is -0.481 e. The van der Waals surface area contributed by atoms with Crippen LogP contribution in [0.5, 0.6) is 0 Å². The van der Waals surface area contributed by atoms with Crippen LogP contribution in [-0.4, -0.2) is 33.5 Å². The highest BCUT2D eigenvalue weighted by atomic mass is 16.5. The van der Waals surface area contributed by atoms with E-state index in [1.165, 1.54) is 37.7 Å². The van der Waals surface area contributed by atoms with Crippen LogP contribution in [0.25, 0.3) is 0 Å². The smallest absolute Gasteiger partial charge is 0.303 e. The Morgan fingerprint density at radius 1 is 0.971 bits per heavy atom. The Morgan fingerprint density at radius 3 is 2.18 bits per heavy atom. The molecule has 9 atom stereocenters. The van der Waals surface area contributed by atoms with E-state index in [2.05, 4.69) is 41.2 Å². The third kappa shape index (κ3) is 3.81. The molecule has 1 heterocycles. The first-order chi connectivity index (χ1) is 15.6. The van der Waals surface area contributed by atoms with Gasteiger partial charge in [-0.1, -0.05) is 32.9 Å². The number of aliphatic hydroxyl groups is 1. The largest absolute Gasteiger partial charge is 0.481 e. The van der Waals surface area contributed by atoms with Crippen molar-refractivity contribution in [3.8, 4) is 0 Å². The highest BCUT2D eigenvalue weighted by Gasteiger charge is 2.68. The van der Waals surface area contributed by atoms with Gasteiger partial charge in [-0.2, -0.15) is 0 Å². The molecule has 4 nitrogen and oxygen atoms in total. The first-order valence-corrected chi connectivity index (χ1v) is 13.9. The van der Waals surface area contributed by atoms with Crippen molar-refractivity contribution in [2.24, 2.45) is 39.9 Å². The van der Waals surface area contributed by atoms with Crippen LogP contribution in [0.4, 0.5) is 0 Å². The number of carbonyl (C=O) groups is 1. The summed E-state index contributed by atoms with van der Waals surface area (Å²) in [5.41, 5.74) is 0.714. The number of hydrogen-bond acceptors (Lipinski definition) is 3. The molecule has 2 N–H and O–H groups in total. The standard InChI is InChI=1S/C30H50O4/c1-19(2)20-11-17-29(7)23(27(20,5)15-14-25(31)32)10-9-21-22(12-16-28(21,29)6)30(8)18-13-24(34-30)26(3,4)33/h20-24,33H,1,9-18H2,2-8H3,(H,31,32)/t20?,21?,22?,23?,24?,27-,28+,29+,30-/m0/s1. The third-order valence-corrected chi connectivity index (χ3v) is 12.0. The molecule has 0 aromatic heterocycles. The van der Waals surface area contributed by atoms with Gasteiger partial charge in [0.05, 0.1) is 17.3 Å². The maximum Gasteiger partial charge on any atom is 0.303 e. The van der Waals surface area contributed by atoms with Crippen LogP contribution in [0.3, 0.4) is 0 Å². The van der Waals surface area contributed by atoms with Crippen LogP contribution in [-0.2, 0) is 9.53 Å². The zero-order valence-corrected chi connectivity index (χ0v) is 22.9. The molecule has 5 unspecified atom stereocenters. The maximum atomic E-state index is 11.6. The molecule has 0 aromatic rings. The zero-order valence-electron chi connectivity index (χ0n) is 22.9. The lowest BCUT2D eigenvalue weighted by atomic mass is 9.38. The lowest BCUT2D eigenvalue weighted by Crippen LogP contribution is -2.60. The predicted molar refractivity (Wildman–Crippen MR) is 136 cm³/mol. The van der Waals surface area contributed by atoms with Crippen LogP contribution >= 0.6 is 0 Å². The summed E-state index contributed by atoms with van der Waals surface area (Å²) in [5.74, 6) is 1.42. The first-order valence-electron chi connectivity index (χ1n) is 13.9. The van der Waals surface area contributed by atoms with E-state index in [1.807, 2.05) is 13.8 Å². The van der Waals surface area contributed by atoms with Gasteiger partial charge < -0.3 is 14.9 Å². The molecule has 3 saturated carbocycles. The van der Waals surface area contributed by atoms with Gasteiger partial charge in [0.15, 0.2) is 0 Å². The van der Waals surface area contributed by atoms with Crippen molar-refractivity contribution in [2.45, 2.75) is 130 Å². The van der Waals surface area contributed by atoms with Gasteiger partial charge in [-0.05, 0) is 125 Å². The molecule has 0 bridgehead atoms. The molecule has 194 valence electrons. The summed E-state index contributed by atoms with van der Waals surface area (Å²) in [6.07, 6.45) is 10.0. The summed E-state index contributed by atoms with van der Waals surface area (Å²) >= 11 is 0. The minimum atomic E-state index is -0.795. The van der Waals surface area contributed by atoms with Crippen molar-refractivity contribution >= 4 is 5.97 Å². The van der Waals surface area contributed by atoms with Gasteiger partial charge >= 0.3 is 5.97 Å². The van der Waals surface area contributed by atoms with Crippen LogP contribution in [0.1, 0.15) is 113 Å². The predicted octanol–water partition coefficient (Wildman–Crippen LogP) is 7.00. The van der Waals surface area contributed by atoms with E-state index in [4.69, 9.17) is 4.74 Å². The second-order valence-corrected chi connectivity index (χ2v) is 14.2. The van der Waals surface area contributed by atoms with Crippen molar-refractivity contribution in [1.29, 1.82) is 0 Å². The molecule has 0 aromatic carbocycles. The van der Waals surface area contributed by atoms with E-state index in [9.17, 15) is 15.0 Å². The number of carboxylic acid groups (broad SMARTS) is 1. The molecule has 1 aliphatic heterocycles. The fourth-order valence-corrected chi connectivity index (χ4v) is 10.0. The SMILES string of the molecule is C=C(C)C1CC[C@]2(C)C(CCC3C([C@]4(C)CCC(C(C)(C)O)O4)CC[C@]32C)[C@@]1(C)CCC(=O)O. The molecule has 3 aliphatic carbocycles. The van der Waals surface area contributed by atoms with Gasteiger partial charge in [-0.3, -0.25) is 4.79 Å². The van der Waals surface area contributed by atoms with Gasteiger partial charge in [0.1, 0.15) is 0 Å². The van der Waals surface area contributed by atoms with Gasteiger partial charge in [0, 0.05) is 6.42 Å². The second kappa shape index (κ2) is 8.33. The van der Waals surface area contributed by atoms with Gasteiger partial charge in [-0.15, -0.1) is 0 Å². The van der Waals surface area contributed by atoms with E-state index < -0.39 is 11.6 Å². The van der Waals surface area contributed by atoms with Gasteiger partial charge in [-0.25, -0.2) is 0 Å². The van der Waals surface area contributed by atoms with E-state index >= 15 is 0 Å². The Morgan fingerprint density at radius 2 is 1.62 bits per heavy atom. The van der Waals surface area contributed by atoms with Crippen molar-refractivity contribution in [1.82, 2.24) is 0 Å². The number of fused-ring (bicyclic) bond motifs is 3. The summed E-state index contributed by atoms with van der Waals surface area (Å²) in [6, 6.07) is 0. The Labute approximate surface area is 207 Å². The van der Waals surface area contributed by atoms with Crippen molar-refractivity contribution in [3.05, 3.63) is 12.2 Å². The van der Waals surface area contributed by atoms with E-state index in [1.54, 1.807) is 0 Å². The second-order valence-electron chi connectivity index (χ2n) is 14.2. The topological polar surface area (TPSA) is 66.8 Å². The molecular weight excluding hydrogens is 424 g/mol. The van der Waals surface area contributed by atoms with E-state index in [0.717, 1.165) is 25.7 Å². The fraction of sp³-hybridized carbons (Fsp3) is 0.900. The van der Waals surface area contributed by atoms with Gasteiger partial charge in [0.25, 0.3) is 0 Å². The van der Waals surface area contributed by atoms with Crippen molar-refractivity contribution in [2.75, 3.05) is 0 Å². The zero-order chi connectivity index (χ0) is 25.3. The van der Waals surface area contributed by atoms with Crippen LogP contribution in [0.15, 0.2) is 12.2 Å². The van der Waals surface area contributed by atoms with E-state index in [0.29, 0.717) is 23.7 Å². The summed E-state index contributed by atoms with van der Waals surface area (Å²) in [6.45, 7) is 20.1. The van der Waals surface area contributed by atoms with Crippen molar-refractivity contribution in [3.63, 3.8) is 0 Å². The summed E-state index contributed by atoms with van der Waals surface area (Å²) in [5, 5.41) is 20.2. The Hall–Kier alpha value is -0.870. The van der Waals surface area contributed by atoms with Crippen molar-refractivity contribution < 1.29 is 19.7 Å². The molecule has 0 radical (unpaired) electrons. The fourth-order valence-electron chi connectivity index (χ4n) is 10.0. The monoisotopic (exact) mass is 474 g/mol. The highest BCUT2D eigenvalue weighted by Crippen LogP contribution is 2.74. The number of ether oxygens (including phenoxy) is 1. The van der Waals surface area contributed by atoms with Crippen LogP contribution in [0, 0.1) is 39.9 Å². The molecule has 0 amide bonds. The third-order valence-electron chi connectivity index (χ3n) is 12.0. The molecule has 4 rings (SSSR count). The summed E-state index contributed by atoms with van der Waals surface area (Å²) < 4.78 is 6.69. The Balaban J connectivity index is 1.64. The average molecular weight is 475 g/mol. The lowest BCUT2D eigenvalue weighted by molar-refractivity contribution is -0.187. The number of aliphatic carboxylic acids is 1. The number of allylic oxidation sites excluding steroid dienone is 1. The van der Waals surface area contributed by atoms with Crippen LogP contribution in [0.2, 0.25) is 0 Å². The molecule has 4 aliphatic rings. The Bertz CT molecular complexity index is 828. The molecule has 34 heavy (non-hydrogen) atoms. The van der Waals surface area contributed by atoms with Crippen LogP contribution < -0.4 is 0 Å². The quantitative estimate of drug-likeness (QED) is 0.407. The highest BCUT2D eigenvalue weighted by molar-refractivity contribution is 5.66. The lowest BCUT2D eigenvalue weighted by Gasteiger charge is -2.66. The summed E-state index contributed by atoms with van der Waals surface area (Å²) in [7, 11) is 0. The van der Waals surface area contributed by atoms with E-state index in [-0.39, 0.29) is 34.4 Å². The number of carboxylic acids is 1. The first kappa shape index (κ1) is 26.2.